The van der Waals surface area contributed by atoms with E-state index in [1.165, 1.54) is 6.42 Å². The molecule has 4 nitrogen and oxygen atoms in total. The summed E-state index contributed by atoms with van der Waals surface area (Å²) >= 11 is 0. The van der Waals surface area contributed by atoms with E-state index in [9.17, 15) is 4.79 Å². The number of methoxy groups -OCH3 is 1. The lowest BCUT2D eigenvalue weighted by Crippen LogP contribution is -2.42. The first-order valence-corrected chi connectivity index (χ1v) is 6.18. The summed E-state index contributed by atoms with van der Waals surface area (Å²) in [6.45, 7) is 2.16. The van der Waals surface area contributed by atoms with Crippen LogP contribution in [-0.4, -0.2) is 32.7 Å². The summed E-state index contributed by atoms with van der Waals surface area (Å²) in [5.74, 6) is 0.155. The fraction of sp³-hybridized carbons (Fsp3) is 0.917. The smallest absolute Gasteiger partial charge is 0.220 e. The minimum atomic E-state index is 0.122. The summed E-state index contributed by atoms with van der Waals surface area (Å²) in [6.07, 6.45) is 6.03. The molecule has 1 amide bonds. The molecule has 0 heterocycles. The maximum Gasteiger partial charge on any atom is 0.220 e. The highest BCUT2D eigenvalue weighted by molar-refractivity contribution is 5.76. The number of rotatable bonds is 8. The van der Waals surface area contributed by atoms with Gasteiger partial charge >= 0.3 is 0 Å². The Balaban J connectivity index is 2.06. The van der Waals surface area contributed by atoms with Gasteiger partial charge < -0.3 is 15.8 Å². The van der Waals surface area contributed by atoms with Crippen LogP contribution in [0, 0.1) is 5.41 Å². The molecule has 0 atom stereocenters. The topological polar surface area (TPSA) is 64.3 Å². The Morgan fingerprint density at radius 3 is 2.69 bits per heavy atom. The minimum Gasteiger partial charge on any atom is -0.385 e. The first kappa shape index (κ1) is 13.5. The predicted molar refractivity (Wildman–Crippen MR) is 64.1 cm³/mol. The van der Waals surface area contributed by atoms with Crippen LogP contribution in [0.4, 0.5) is 0 Å². The molecule has 0 aromatic rings. The Morgan fingerprint density at radius 1 is 1.44 bits per heavy atom. The molecule has 4 heteroatoms. The Bertz CT molecular complexity index is 210. The van der Waals surface area contributed by atoms with Gasteiger partial charge in [0.25, 0.3) is 0 Å². The van der Waals surface area contributed by atoms with E-state index in [2.05, 4.69) is 5.32 Å². The Hall–Kier alpha value is -0.610. The second kappa shape index (κ2) is 6.86. The first-order valence-electron chi connectivity index (χ1n) is 6.18. The van der Waals surface area contributed by atoms with Crippen molar-refractivity contribution in [3.63, 3.8) is 0 Å². The van der Waals surface area contributed by atoms with E-state index in [1.54, 1.807) is 7.11 Å². The van der Waals surface area contributed by atoms with Crippen molar-refractivity contribution in [1.82, 2.24) is 5.32 Å². The van der Waals surface area contributed by atoms with Gasteiger partial charge in [0.15, 0.2) is 0 Å². The molecule has 0 unspecified atom stereocenters. The van der Waals surface area contributed by atoms with Gasteiger partial charge in [-0.2, -0.15) is 0 Å². The zero-order valence-electron chi connectivity index (χ0n) is 10.3. The lowest BCUT2D eigenvalue weighted by atomic mass is 9.66. The number of hydrogen-bond acceptors (Lipinski definition) is 3. The predicted octanol–water partition coefficient (Wildman–Crippen LogP) is 1.05. The third-order valence-corrected chi connectivity index (χ3v) is 3.48. The van der Waals surface area contributed by atoms with Crippen molar-refractivity contribution in [3.8, 4) is 0 Å². The molecule has 1 fully saturated rings. The van der Waals surface area contributed by atoms with E-state index in [0.717, 1.165) is 38.8 Å². The van der Waals surface area contributed by atoms with E-state index < -0.39 is 0 Å². The third kappa shape index (κ3) is 4.10. The highest BCUT2D eigenvalue weighted by atomic mass is 16.5. The third-order valence-electron chi connectivity index (χ3n) is 3.48. The van der Waals surface area contributed by atoms with Crippen molar-refractivity contribution in [1.29, 1.82) is 0 Å². The van der Waals surface area contributed by atoms with Crippen molar-refractivity contribution in [2.45, 2.75) is 38.5 Å². The zero-order chi connectivity index (χ0) is 11.9. The fourth-order valence-electron chi connectivity index (χ4n) is 2.13. The summed E-state index contributed by atoms with van der Waals surface area (Å²) in [7, 11) is 1.69. The molecule has 1 aliphatic rings. The highest BCUT2D eigenvalue weighted by Gasteiger charge is 2.37. The molecule has 0 radical (unpaired) electrons. The lowest BCUT2D eigenvalue weighted by Gasteiger charge is -2.40. The molecule has 0 spiro atoms. The average molecular weight is 228 g/mol. The average Bonchev–Trinajstić information content (AvgIpc) is 2.23. The summed E-state index contributed by atoms with van der Waals surface area (Å²) in [6, 6.07) is 0. The van der Waals surface area contributed by atoms with Crippen LogP contribution in [0.3, 0.4) is 0 Å². The van der Waals surface area contributed by atoms with Crippen LogP contribution in [0.5, 0.6) is 0 Å². The van der Waals surface area contributed by atoms with Gasteiger partial charge in [-0.1, -0.05) is 6.42 Å². The maximum atomic E-state index is 11.6. The van der Waals surface area contributed by atoms with Crippen LogP contribution < -0.4 is 11.1 Å². The lowest BCUT2D eigenvalue weighted by molar-refractivity contribution is -0.124. The minimum absolute atomic E-state index is 0.122. The van der Waals surface area contributed by atoms with E-state index in [1.807, 2.05) is 0 Å². The van der Waals surface area contributed by atoms with Crippen LogP contribution in [0.1, 0.15) is 38.5 Å². The number of carbonyl (C=O) groups excluding carboxylic acids is 1. The Kier molecular flexibility index (Phi) is 5.77. The molecule has 1 saturated carbocycles. The van der Waals surface area contributed by atoms with E-state index in [-0.39, 0.29) is 11.3 Å². The fourth-order valence-corrected chi connectivity index (χ4v) is 2.13. The quantitative estimate of drug-likeness (QED) is 0.610. The van der Waals surface area contributed by atoms with Crippen molar-refractivity contribution >= 4 is 5.91 Å². The van der Waals surface area contributed by atoms with Gasteiger partial charge in [0.1, 0.15) is 0 Å². The number of ether oxygens (including phenoxy) is 1. The Labute approximate surface area is 97.9 Å². The van der Waals surface area contributed by atoms with Crippen molar-refractivity contribution in [2.24, 2.45) is 11.1 Å². The highest BCUT2D eigenvalue weighted by Crippen LogP contribution is 2.42. The van der Waals surface area contributed by atoms with Gasteiger partial charge in [0, 0.05) is 26.7 Å². The molecular formula is C12H24N2O2. The monoisotopic (exact) mass is 228 g/mol. The number of nitrogens with one attached hydrogen (secondary N) is 1. The molecule has 0 aliphatic heterocycles. The maximum absolute atomic E-state index is 11.6. The van der Waals surface area contributed by atoms with Gasteiger partial charge in [0.05, 0.1) is 0 Å². The summed E-state index contributed by atoms with van der Waals surface area (Å²) in [4.78, 5) is 11.6. The summed E-state index contributed by atoms with van der Waals surface area (Å²) in [5, 5.41) is 2.95. The second-order valence-corrected chi connectivity index (χ2v) is 4.78. The van der Waals surface area contributed by atoms with Crippen molar-refractivity contribution in [3.05, 3.63) is 0 Å². The van der Waals surface area contributed by atoms with Gasteiger partial charge in [0.2, 0.25) is 5.91 Å². The van der Waals surface area contributed by atoms with Crippen molar-refractivity contribution in [2.75, 3.05) is 26.8 Å². The van der Waals surface area contributed by atoms with Gasteiger partial charge in [-0.15, -0.1) is 0 Å². The van der Waals surface area contributed by atoms with Crippen molar-refractivity contribution < 1.29 is 9.53 Å². The molecule has 16 heavy (non-hydrogen) atoms. The summed E-state index contributed by atoms with van der Waals surface area (Å²) in [5.41, 5.74) is 5.84. The van der Waals surface area contributed by atoms with E-state index in [4.69, 9.17) is 10.5 Å². The van der Waals surface area contributed by atoms with Crippen LogP contribution >= 0.6 is 0 Å². The number of unbranched alkanes of at least 4 members (excludes halogenated alkanes) is 1. The molecule has 94 valence electrons. The largest absolute Gasteiger partial charge is 0.385 e. The molecular weight excluding hydrogens is 204 g/mol. The Morgan fingerprint density at radius 2 is 2.19 bits per heavy atom. The molecule has 0 aromatic carbocycles. The standard InChI is InChI=1S/C12H24N2O2/c1-16-8-3-2-7-14-11(15)9-12(10-13)5-4-6-12/h2-10,13H2,1H3,(H,14,15). The van der Waals surface area contributed by atoms with E-state index >= 15 is 0 Å². The van der Waals surface area contributed by atoms with Crippen LogP contribution in [0.2, 0.25) is 0 Å². The number of hydrogen-bond donors (Lipinski definition) is 2. The normalized spacial score (nSPS) is 17.9. The van der Waals surface area contributed by atoms with Gasteiger partial charge in [-0.3, -0.25) is 4.79 Å². The zero-order valence-corrected chi connectivity index (χ0v) is 10.3. The number of amides is 1. The number of carbonyl (C=O) groups is 1. The number of nitrogens with two attached hydrogens (primary N) is 1. The van der Waals surface area contributed by atoms with Crippen LogP contribution in [0.15, 0.2) is 0 Å². The molecule has 0 bridgehead atoms. The van der Waals surface area contributed by atoms with Crippen LogP contribution in [0.25, 0.3) is 0 Å². The molecule has 0 saturated heterocycles. The molecule has 0 aromatic heterocycles. The SMILES string of the molecule is COCCCCNC(=O)CC1(CN)CCC1. The first-order chi connectivity index (χ1) is 7.72. The molecule has 1 aliphatic carbocycles. The summed E-state index contributed by atoms with van der Waals surface area (Å²) < 4.78 is 4.94. The molecule has 3 N–H and O–H groups in total. The van der Waals surface area contributed by atoms with Gasteiger partial charge in [-0.05, 0) is 37.6 Å². The van der Waals surface area contributed by atoms with Crippen LogP contribution in [-0.2, 0) is 9.53 Å². The van der Waals surface area contributed by atoms with E-state index in [0.29, 0.717) is 13.0 Å². The van der Waals surface area contributed by atoms with Gasteiger partial charge in [-0.25, -0.2) is 0 Å². The molecule has 1 rings (SSSR count). The second-order valence-electron chi connectivity index (χ2n) is 4.78.